The number of hydrogen-bond donors (Lipinski definition) is 2. The first-order chi connectivity index (χ1) is 12.9. The second kappa shape index (κ2) is 7.84. The molecule has 1 amide bonds. The fraction of sp³-hybridized carbons (Fsp3) is 0.250. The smallest absolute Gasteiger partial charge is 0.240 e. The van der Waals surface area contributed by atoms with Crippen LogP contribution in [0.2, 0.25) is 0 Å². The van der Waals surface area contributed by atoms with Crippen molar-refractivity contribution in [2.24, 2.45) is 0 Å². The molecule has 0 atom stereocenters. The van der Waals surface area contributed by atoms with Gasteiger partial charge in [0.15, 0.2) is 0 Å². The monoisotopic (exact) mass is 385 g/mol. The number of nitrogens with zero attached hydrogens (tertiary/aromatic N) is 1. The predicted molar refractivity (Wildman–Crippen MR) is 108 cm³/mol. The highest BCUT2D eigenvalue weighted by atomic mass is 32.2. The minimum atomic E-state index is -3.57. The van der Waals surface area contributed by atoms with Crippen LogP contribution in [0, 0.1) is 6.92 Å². The molecule has 6 nitrogen and oxygen atoms in total. The molecule has 3 rings (SSSR count). The molecule has 3 aromatic rings. The van der Waals surface area contributed by atoms with Gasteiger partial charge in [-0.3, -0.25) is 9.10 Å². The molecular weight excluding hydrogens is 362 g/mol. The van der Waals surface area contributed by atoms with Gasteiger partial charge in [0.25, 0.3) is 0 Å². The predicted octanol–water partition coefficient (Wildman–Crippen LogP) is 2.60. The normalized spacial score (nSPS) is 11.5. The molecule has 0 aliphatic heterocycles. The molecule has 0 unspecified atom stereocenters. The molecule has 0 fully saturated rings. The van der Waals surface area contributed by atoms with Gasteiger partial charge in [-0.25, -0.2) is 8.42 Å². The second-order valence-corrected chi connectivity index (χ2v) is 8.42. The summed E-state index contributed by atoms with van der Waals surface area (Å²) >= 11 is 0. The van der Waals surface area contributed by atoms with Crippen LogP contribution in [0.3, 0.4) is 0 Å². The fourth-order valence-electron chi connectivity index (χ4n) is 3.09. The lowest BCUT2D eigenvalue weighted by atomic mass is 10.1. The van der Waals surface area contributed by atoms with Crippen LogP contribution in [-0.4, -0.2) is 38.7 Å². The molecule has 1 heterocycles. The van der Waals surface area contributed by atoms with E-state index >= 15 is 0 Å². The average Bonchev–Trinajstić information content (AvgIpc) is 3.03. The molecule has 0 aliphatic rings. The van der Waals surface area contributed by atoms with Gasteiger partial charge in [0, 0.05) is 23.6 Å². The van der Waals surface area contributed by atoms with Crippen molar-refractivity contribution < 1.29 is 13.2 Å². The van der Waals surface area contributed by atoms with Crippen LogP contribution < -0.4 is 9.62 Å². The third kappa shape index (κ3) is 4.49. The maximum absolute atomic E-state index is 12.4. The number of fused-ring (bicyclic) bond motifs is 1. The van der Waals surface area contributed by atoms with E-state index in [1.165, 1.54) is 0 Å². The average molecular weight is 385 g/mol. The van der Waals surface area contributed by atoms with E-state index in [0.717, 1.165) is 32.6 Å². The van der Waals surface area contributed by atoms with Crippen molar-refractivity contribution >= 4 is 32.5 Å². The summed E-state index contributed by atoms with van der Waals surface area (Å²) < 4.78 is 25.5. The summed E-state index contributed by atoms with van der Waals surface area (Å²) in [6, 6.07) is 15.1. The Morgan fingerprint density at radius 3 is 2.56 bits per heavy atom. The van der Waals surface area contributed by atoms with Crippen molar-refractivity contribution in [1.82, 2.24) is 10.3 Å². The molecule has 27 heavy (non-hydrogen) atoms. The summed E-state index contributed by atoms with van der Waals surface area (Å²) in [4.78, 5) is 15.6. The van der Waals surface area contributed by atoms with E-state index in [0.29, 0.717) is 18.7 Å². The zero-order valence-corrected chi connectivity index (χ0v) is 16.2. The van der Waals surface area contributed by atoms with Gasteiger partial charge in [-0.1, -0.05) is 36.4 Å². The van der Waals surface area contributed by atoms with Gasteiger partial charge in [0.05, 0.1) is 11.9 Å². The lowest BCUT2D eigenvalue weighted by Gasteiger charge is -2.23. The van der Waals surface area contributed by atoms with E-state index in [-0.39, 0.29) is 12.5 Å². The van der Waals surface area contributed by atoms with E-state index in [2.05, 4.69) is 10.3 Å². The number of sulfonamides is 1. The maximum Gasteiger partial charge on any atom is 0.240 e. The highest BCUT2D eigenvalue weighted by Crippen LogP contribution is 2.21. The first-order valence-corrected chi connectivity index (χ1v) is 10.6. The lowest BCUT2D eigenvalue weighted by molar-refractivity contribution is -0.119. The van der Waals surface area contributed by atoms with Gasteiger partial charge in [0.1, 0.15) is 6.54 Å². The number of benzene rings is 2. The number of para-hydroxylation sites is 2. The Bertz CT molecular complexity index is 1060. The van der Waals surface area contributed by atoms with Crippen molar-refractivity contribution in [3.63, 3.8) is 0 Å². The SMILES string of the molecule is Cc1ccccc1N(CC(=O)NCCc1c[nH]c2ccccc12)S(C)(=O)=O. The summed E-state index contributed by atoms with van der Waals surface area (Å²) in [5, 5.41) is 3.95. The highest BCUT2D eigenvalue weighted by Gasteiger charge is 2.21. The second-order valence-electron chi connectivity index (χ2n) is 6.52. The Morgan fingerprint density at radius 2 is 1.81 bits per heavy atom. The first kappa shape index (κ1) is 19.0. The Morgan fingerprint density at radius 1 is 1.11 bits per heavy atom. The van der Waals surface area contributed by atoms with Crippen LogP contribution in [0.15, 0.2) is 54.7 Å². The number of aryl methyl sites for hydroxylation is 1. The number of carbonyl (C=O) groups is 1. The van der Waals surface area contributed by atoms with Crippen LogP contribution in [0.5, 0.6) is 0 Å². The number of anilines is 1. The Kier molecular flexibility index (Phi) is 5.51. The van der Waals surface area contributed by atoms with Crippen molar-refractivity contribution in [2.75, 3.05) is 23.7 Å². The van der Waals surface area contributed by atoms with Crippen LogP contribution in [0.1, 0.15) is 11.1 Å². The minimum Gasteiger partial charge on any atom is -0.361 e. The quantitative estimate of drug-likeness (QED) is 0.656. The Balaban J connectivity index is 1.64. The molecule has 142 valence electrons. The van der Waals surface area contributed by atoms with Gasteiger partial charge in [-0.2, -0.15) is 0 Å². The molecule has 2 aromatic carbocycles. The summed E-state index contributed by atoms with van der Waals surface area (Å²) in [5.74, 6) is -0.330. The van der Waals surface area contributed by atoms with Crippen molar-refractivity contribution in [3.8, 4) is 0 Å². The van der Waals surface area contributed by atoms with Gasteiger partial charge >= 0.3 is 0 Å². The largest absolute Gasteiger partial charge is 0.361 e. The van der Waals surface area contributed by atoms with Crippen molar-refractivity contribution in [1.29, 1.82) is 0 Å². The van der Waals surface area contributed by atoms with Gasteiger partial charge < -0.3 is 10.3 Å². The summed E-state index contributed by atoms with van der Waals surface area (Å²) in [7, 11) is -3.57. The molecule has 0 radical (unpaired) electrons. The molecule has 0 spiro atoms. The maximum atomic E-state index is 12.4. The van der Waals surface area contributed by atoms with E-state index in [1.54, 1.807) is 12.1 Å². The van der Waals surface area contributed by atoms with Crippen molar-refractivity contribution in [3.05, 3.63) is 65.9 Å². The van der Waals surface area contributed by atoms with Gasteiger partial charge in [0.2, 0.25) is 15.9 Å². The van der Waals surface area contributed by atoms with E-state index < -0.39 is 10.0 Å². The molecule has 7 heteroatoms. The van der Waals surface area contributed by atoms with E-state index in [9.17, 15) is 13.2 Å². The fourth-order valence-corrected chi connectivity index (χ4v) is 4.00. The van der Waals surface area contributed by atoms with E-state index in [1.807, 2.05) is 49.5 Å². The number of H-pyrrole nitrogens is 1. The molecule has 2 N–H and O–H groups in total. The van der Waals surface area contributed by atoms with Gasteiger partial charge in [-0.15, -0.1) is 0 Å². The van der Waals surface area contributed by atoms with Crippen molar-refractivity contribution in [2.45, 2.75) is 13.3 Å². The molecule has 0 aliphatic carbocycles. The number of rotatable bonds is 7. The van der Waals surface area contributed by atoms with Crippen LogP contribution >= 0.6 is 0 Å². The lowest BCUT2D eigenvalue weighted by Crippen LogP contribution is -2.41. The molecule has 1 aromatic heterocycles. The molecule has 0 saturated carbocycles. The zero-order valence-electron chi connectivity index (χ0n) is 15.4. The molecule has 0 bridgehead atoms. The summed E-state index contributed by atoms with van der Waals surface area (Å²) in [6.45, 7) is 2.02. The van der Waals surface area contributed by atoms with Crippen LogP contribution in [0.25, 0.3) is 10.9 Å². The number of carbonyl (C=O) groups excluding carboxylic acids is 1. The topological polar surface area (TPSA) is 82.3 Å². The first-order valence-electron chi connectivity index (χ1n) is 8.71. The van der Waals surface area contributed by atoms with E-state index in [4.69, 9.17) is 0 Å². The third-order valence-corrected chi connectivity index (χ3v) is 5.59. The van der Waals surface area contributed by atoms with Gasteiger partial charge in [-0.05, 0) is 36.6 Å². The number of aromatic nitrogens is 1. The number of hydrogen-bond acceptors (Lipinski definition) is 3. The van der Waals surface area contributed by atoms with Crippen LogP contribution in [-0.2, 0) is 21.2 Å². The number of amides is 1. The summed E-state index contributed by atoms with van der Waals surface area (Å²) in [5.41, 5.74) is 3.49. The molecule has 0 saturated heterocycles. The van der Waals surface area contributed by atoms with Crippen LogP contribution in [0.4, 0.5) is 5.69 Å². The minimum absolute atomic E-state index is 0.239. The number of nitrogens with one attached hydrogen (secondary N) is 2. The zero-order chi connectivity index (χ0) is 19.4. The highest BCUT2D eigenvalue weighted by molar-refractivity contribution is 7.92. The Hall–Kier alpha value is -2.80. The standard InChI is InChI=1S/C20H23N3O3S/c1-15-7-3-6-10-19(15)23(27(2,25)26)14-20(24)21-12-11-16-13-22-18-9-5-4-8-17(16)18/h3-10,13,22H,11-12,14H2,1-2H3,(H,21,24). The molecular formula is C20H23N3O3S. The summed E-state index contributed by atoms with van der Waals surface area (Å²) in [6.07, 6.45) is 3.71. The Labute approximate surface area is 159 Å². The third-order valence-electron chi connectivity index (χ3n) is 4.46. The number of aromatic amines is 1.